The van der Waals surface area contributed by atoms with Crippen LogP contribution in [0.3, 0.4) is 0 Å². The average Bonchev–Trinajstić information content (AvgIpc) is 3.13. The SMILES string of the molecule is Cc1cccc(CCN(CC(=O)O)C(=O)Cc2ccc3c(c2)C[C@@](C)(Cc2ccccc2F)O3)c1. The minimum atomic E-state index is -1.03. The minimum absolute atomic E-state index is 0.110. The summed E-state index contributed by atoms with van der Waals surface area (Å²) in [7, 11) is 0. The highest BCUT2D eigenvalue weighted by Gasteiger charge is 2.35. The number of carboxylic acid groups (broad SMARTS) is 1. The fourth-order valence-electron chi connectivity index (χ4n) is 4.70. The number of carbonyl (C=O) groups is 2. The molecule has 0 radical (unpaired) electrons. The zero-order valence-corrected chi connectivity index (χ0v) is 20.1. The molecular weight excluding hydrogens is 445 g/mol. The number of halogens is 1. The fraction of sp³-hybridized carbons (Fsp3) is 0.310. The molecule has 0 aromatic heterocycles. The number of hydrogen-bond acceptors (Lipinski definition) is 3. The first-order chi connectivity index (χ1) is 16.7. The van der Waals surface area contributed by atoms with E-state index in [1.54, 1.807) is 12.1 Å². The van der Waals surface area contributed by atoms with Gasteiger partial charge in [0.25, 0.3) is 0 Å². The summed E-state index contributed by atoms with van der Waals surface area (Å²) in [6.07, 6.45) is 1.74. The number of carbonyl (C=O) groups excluding carboxylic acids is 1. The van der Waals surface area contributed by atoms with Gasteiger partial charge < -0.3 is 14.7 Å². The maximum absolute atomic E-state index is 14.2. The van der Waals surface area contributed by atoms with Crippen molar-refractivity contribution in [1.82, 2.24) is 4.90 Å². The number of nitrogens with zero attached hydrogens (tertiary/aromatic N) is 1. The van der Waals surface area contributed by atoms with Crippen molar-refractivity contribution in [3.63, 3.8) is 0 Å². The Morgan fingerprint density at radius 1 is 1.06 bits per heavy atom. The zero-order chi connectivity index (χ0) is 25.0. The van der Waals surface area contributed by atoms with Gasteiger partial charge in [-0.2, -0.15) is 0 Å². The van der Waals surface area contributed by atoms with E-state index in [0.29, 0.717) is 31.4 Å². The van der Waals surface area contributed by atoms with Crippen molar-refractivity contribution in [1.29, 1.82) is 0 Å². The molecule has 0 spiro atoms. The molecule has 1 N–H and O–H groups in total. The quantitative estimate of drug-likeness (QED) is 0.484. The summed E-state index contributed by atoms with van der Waals surface area (Å²) in [6, 6.07) is 20.3. The summed E-state index contributed by atoms with van der Waals surface area (Å²) < 4.78 is 20.3. The lowest BCUT2D eigenvalue weighted by Crippen LogP contribution is -2.38. The second kappa shape index (κ2) is 10.3. The summed E-state index contributed by atoms with van der Waals surface area (Å²) in [6.45, 7) is 3.97. The van der Waals surface area contributed by atoms with E-state index in [1.165, 1.54) is 11.0 Å². The maximum atomic E-state index is 14.2. The number of fused-ring (bicyclic) bond motifs is 1. The largest absolute Gasteiger partial charge is 0.487 e. The second-order valence-corrected chi connectivity index (χ2v) is 9.56. The lowest BCUT2D eigenvalue weighted by molar-refractivity contribution is -0.144. The Hall–Kier alpha value is -3.67. The number of rotatable bonds is 9. The topological polar surface area (TPSA) is 66.8 Å². The summed E-state index contributed by atoms with van der Waals surface area (Å²) in [5.41, 5.74) is 4.00. The van der Waals surface area contributed by atoms with Gasteiger partial charge in [-0.05, 0) is 54.7 Å². The highest BCUT2D eigenvalue weighted by molar-refractivity contribution is 5.83. The molecule has 1 aliphatic rings. The molecule has 1 heterocycles. The van der Waals surface area contributed by atoms with E-state index < -0.39 is 11.6 Å². The fourth-order valence-corrected chi connectivity index (χ4v) is 4.70. The van der Waals surface area contributed by atoms with E-state index in [1.807, 2.05) is 62.4 Å². The number of hydrogen-bond donors (Lipinski definition) is 1. The first-order valence-electron chi connectivity index (χ1n) is 11.8. The Morgan fingerprint density at radius 2 is 1.86 bits per heavy atom. The molecule has 0 saturated carbocycles. The molecule has 182 valence electrons. The molecule has 0 saturated heterocycles. The van der Waals surface area contributed by atoms with Gasteiger partial charge in [0.1, 0.15) is 23.7 Å². The third-order valence-electron chi connectivity index (χ3n) is 6.35. The van der Waals surface area contributed by atoms with Crippen LogP contribution in [-0.4, -0.2) is 40.6 Å². The molecule has 1 aliphatic heterocycles. The smallest absolute Gasteiger partial charge is 0.323 e. The molecule has 0 fully saturated rings. The number of aryl methyl sites for hydroxylation is 1. The molecule has 3 aromatic rings. The number of carboxylic acids is 1. The Kier molecular flexibility index (Phi) is 7.20. The molecule has 0 unspecified atom stereocenters. The second-order valence-electron chi connectivity index (χ2n) is 9.56. The van der Waals surface area contributed by atoms with Crippen LogP contribution in [0.15, 0.2) is 66.7 Å². The van der Waals surface area contributed by atoms with Crippen molar-refractivity contribution in [2.45, 2.75) is 45.1 Å². The van der Waals surface area contributed by atoms with Gasteiger partial charge in [-0.25, -0.2) is 4.39 Å². The Morgan fingerprint density at radius 3 is 2.60 bits per heavy atom. The molecule has 3 aromatic carbocycles. The normalized spacial score (nSPS) is 16.4. The molecule has 6 heteroatoms. The van der Waals surface area contributed by atoms with Crippen LogP contribution >= 0.6 is 0 Å². The van der Waals surface area contributed by atoms with Crippen LogP contribution in [0.4, 0.5) is 4.39 Å². The standard InChI is InChI=1S/C29H30FNO4/c1-20-6-5-7-21(14-20)12-13-31(19-28(33)34)27(32)16-22-10-11-26-24(15-22)18-29(2,35-26)17-23-8-3-4-9-25(23)30/h3-11,14-15H,12-13,16-19H2,1-2H3,(H,33,34)/t29-/m1/s1. The summed E-state index contributed by atoms with van der Waals surface area (Å²) in [4.78, 5) is 25.8. The van der Waals surface area contributed by atoms with E-state index in [4.69, 9.17) is 4.74 Å². The van der Waals surface area contributed by atoms with Crippen LogP contribution in [0.1, 0.15) is 34.7 Å². The van der Waals surface area contributed by atoms with E-state index in [2.05, 4.69) is 0 Å². The monoisotopic (exact) mass is 475 g/mol. The van der Waals surface area contributed by atoms with Crippen molar-refractivity contribution in [2.75, 3.05) is 13.1 Å². The number of amides is 1. The predicted molar refractivity (Wildman–Crippen MR) is 132 cm³/mol. The predicted octanol–water partition coefficient (Wildman–Crippen LogP) is 4.77. The van der Waals surface area contributed by atoms with Crippen molar-refractivity contribution >= 4 is 11.9 Å². The van der Waals surface area contributed by atoms with Gasteiger partial charge in [0, 0.05) is 19.4 Å². The van der Waals surface area contributed by atoms with Gasteiger partial charge in [0.2, 0.25) is 5.91 Å². The first-order valence-corrected chi connectivity index (χ1v) is 11.8. The third kappa shape index (κ3) is 6.27. The van der Waals surface area contributed by atoms with Crippen molar-refractivity contribution in [2.24, 2.45) is 0 Å². The average molecular weight is 476 g/mol. The summed E-state index contributed by atoms with van der Waals surface area (Å²) in [5.74, 6) is -0.771. The summed E-state index contributed by atoms with van der Waals surface area (Å²) in [5, 5.41) is 9.33. The van der Waals surface area contributed by atoms with Crippen LogP contribution in [0.2, 0.25) is 0 Å². The molecular formula is C29H30FNO4. The van der Waals surface area contributed by atoms with Crippen LogP contribution in [0.25, 0.3) is 0 Å². The van der Waals surface area contributed by atoms with E-state index in [-0.39, 0.29) is 24.7 Å². The molecule has 4 rings (SSSR count). The summed E-state index contributed by atoms with van der Waals surface area (Å²) >= 11 is 0. The van der Waals surface area contributed by atoms with Crippen molar-refractivity contribution in [3.05, 3.63) is 100 Å². The van der Waals surface area contributed by atoms with Crippen molar-refractivity contribution < 1.29 is 23.8 Å². The third-order valence-corrected chi connectivity index (χ3v) is 6.35. The highest BCUT2D eigenvalue weighted by atomic mass is 19.1. The van der Waals surface area contributed by atoms with Gasteiger partial charge in [-0.15, -0.1) is 0 Å². The lowest BCUT2D eigenvalue weighted by Gasteiger charge is -2.24. The van der Waals surface area contributed by atoms with Gasteiger partial charge in [-0.3, -0.25) is 9.59 Å². The molecule has 35 heavy (non-hydrogen) atoms. The van der Waals surface area contributed by atoms with E-state index >= 15 is 0 Å². The Labute approximate surface area is 205 Å². The zero-order valence-electron chi connectivity index (χ0n) is 20.1. The lowest BCUT2D eigenvalue weighted by atomic mass is 9.91. The Balaban J connectivity index is 1.42. The molecule has 0 aliphatic carbocycles. The molecule has 5 nitrogen and oxygen atoms in total. The van der Waals surface area contributed by atoms with E-state index in [9.17, 15) is 19.1 Å². The van der Waals surface area contributed by atoms with Crippen LogP contribution in [-0.2, 0) is 35.3 Å². The number of benzene rings is 3. The number of ether oxygens (including phenoxy) is 1. The van der Waals surface area contributed by atoms with Gasteiger partial charge >= 0.3 is 5.97 Å². The van der Waals surface area contributed by atoms with Gasteiger partial charge in [-0.1, -0.05) is 60.2 Å². The van der Waals surface area contributed by atoms with Gasteiger partial charge in [0.15, 0.2) is 0 Å². The molecule has 1 atom stereocenters. The molecule has 0 bridgehead atoms. The Bertz CT molecular complexity index is 1240. The maximum Gasteiger partial charge on any atom is 0.323 e. The highest BCUT2D eigenvalue weighted by Crippen LogP contribution is 2.38. The molecule has 1 amide bonds. The van der Waals surface area contributed by atoms with Crippen molar-refractivity contribution in [3.8, 4) is 5.75 Å². The minimum Gasteiger partial charge on any atom is -0.487 e. The van der Waals surface area contributed by atoms with Gasteiger partial charge in [0.05, 0.1) is 6.42 Å². The van der Waals surface area contributed by atoms with E-state index in [0.717, 1.165) is 28.0 Å². The van der Waals surface area contributed by atoms with Crippen LogP contribution in [0.5, 0.6) is 5.75 Å². The first kappa shape index (κ1) is 24.5. The number of aliphatic carboxylic acids is 1. The van der Waals surface area contributed by atoms with Crippen LogP contribution in [0, 0.1) is 12.7 Å². The van der Waals surface area contributed by atoms with Crippen LogP contribution < -0.4 is 4.74 Å².